The number of primary amides is 1. The van der Waals surface area contributed by atoms with Crippen molar-refractivity contribution in [2.24, 2.45) is 5.73 Å². The summed E-state index contributed by atoms with van der Waals surface area (Å²) in [5.74, 6) is 2.26. The molecule has 0 saturated carbocycles. The van der Waals surface area contributed by atoms with Crippen LogP contribution in [0.25, 0.3) is 5.57 Å². The third-order valence-corrected chi connectivity index (χ3v) is 15.0. The highest BCUT2D eigenvalue weighted by Gasteiger charge is 2.47. The molecule has 1 amide bonds. The fourth-order valence-electron chi connectivity index (χ4n) is 6.23. The Balaban J connectivity index is 1.34. The Bertz CT molecular complexity index is 1470. The van der Waals surface area contributed by atoms with Crippen molar-refractivity contribution in [2.75, 3.05) is 57.3 Å². The van der Waals surface area contributed by atoms with E-state index in [1.165, 1.54) is 0 Å². The van der Waals surface area contributed by atoms with Crippen LogP contribution in [0.1, 0.15) is 45.6 Å². The lowest BCUT2D eigenvalue weighted by Crippen LogP contribution is -2.57. The smallest absolute Gasteiger partial charge is 0.404 e. The van der Waals surface area contributed by atoms with Crippen molar-refractivity contribution in [1.29, 1.82) is 0 Å². The van der Waals surface area contributed by atoms with Crippen molar-refractivity contribution in [3.63, 3.8) is 0 Å². The molecule has 3 heterocycles. The number of piperazine rings is 1. The molecule has 1 unspecified atom stereocenters. The monoisotopic (exact) mass is 701 g/mol. The van der Waals surface area contributed by atoms with E-state index < -0.39 is 24.9 Å². The summed E-state index contributed by atoms with van der Waals surface area (Å²) in [6.45, 7) is 17.1. The first kappa shape index (κ1) is 35.7. The summed E-state index contributed by atoms with van der Waals surface area (Å²) in [4.78, 5) is 20.2. The molecule has 256 valence electrons. The summed E-state index contributed by atoms with van der Waals surface area (Å²) >= 11 is 13.9. The first-order valence-electron chi connectivity index (χ1n) is 16.5. The third kappa shape index (κ3) is 9.31. The normalized spacial score (nSPS) is 22.3. The molecular formula is C35H49Cl2N5O4Si. The summed E-state index contributed by atoms with van der Waals surface area (Å²) in [5.41, 5.74) is 6.87. The fourth-order valence-corrected chi connectivity index (χ4v) is 8.50. The standard InChI is InChI=1S/C35H49Cl2N5O4Si/c1-33(2,3)47(4,5)46-35(25-44-32(38)43)11-15-41(16-12-35)24-34(37)21-27(26-7-6-8-28(36)19-26)20-30(22-34)45-29-9-10-31(40-23-29)42-17-13-39-14-18-42/h6-10,19-20,22-23,39H,11-18,21,24-25H2,1-5H3,(H2,38,43). The van der Waals surface area contributed by atoms with E-state index >= 15 is 0 Å². The number of nitrogens with two attached hydrogens (primary N) is 1. The minimum atomic E-state index is -2.16. The van der Waals surface area contributed by atoms with E-state index in [4.69, 9.17) is 42.8 Å². The van der Waals surface area contributed by atoms with Crippen molar-refractivity contribution >= 4 is 49.0 Å². The van der Waals surface area contributed by atoms with Gasteiger partial charge in [-0.25, -0.2) is 9.78 Å². The minimum Gasteiger partial charge on any atom is -0.456 e. The van der Waals surface area contributed by atoms with Gasteiger partial charge in [0, 0.05) is 50.8 Å². The van der Waals surface area contributed by atoms with Crippen LogP contribution in [0.2, 0.25) is 23.2 Å². The van der Waals surface area contributed by atoms with Gasteiger partial charge in [-0.3, -0.25) is 0 Å². The first-order valence-corrected chi connectivity index (χ1v) is 20.1. The highest BCUT2D eigenvalue weighted by atomic mass is 35.5. The lowest BCUT2D eigenvalue weighted by atomic mass is 9.86. The van der Waals surface area contributed by atoms with Gasteiger partial charge in [-0.05, 0) is 84.9 Å². The van der Waals surface area contributed by atoms with Crippen LogP contribution in [0.5, 0.6) is 5.75 Å². The lowest BCUT2D eigenvalue weighted by Gasteiger charge is -2.49. The second-order valence-electron chi connectivity index (χ2n) is 14.6. The Hall–Kier alpha value is -2.60. The molecule has 0 bridgehead atoms. The van der Waals surface area contributed by atoms with E-state index in [0.29, 0.717) is 42.3 Å². The summed E-state index contributed by atoms with van der Waals surface area (Å²) in [5, 5.41) is 4.05. The highest BCUT2D eigenvalue weighted by molar-refractivity contribution is 6.74. The number of aromatic nitrogens is 1. The van der Waals surface area contributed by atoms with Crippen LogP contribution in [0.4, 0.5) is 10.6 Å². The van der Waals surface area contributed by atoms with Gasteiger partial charge in [-0.1, -0.05) is 44.5 Å². The van der Waals surface area contributed by atoms with Gasteiger partial charge in [-0.2, -0.15) is 0 Å². The molecule has 0 spiro atoms. The number of benzene rings is 1. The minimum absolute atomic E-state index is 0.0112. The van der Waals surface area contributed by atoms with Gasteiger partial charge >= 0.3 is 6.09 Å². The summed E-state index contributed by atoms with van der Waals surface area (Å²) in [7, 11) is -2.16. The molecule has 2 aromatic rings. The molecule has 1 aliphatic carbocycles. The summed E-state index contributed by atoms with van der Waals surface area (Å²) in [6, 6.07) is 11.8. The van der Waals surface area contributed by atoms with Crippen molar-refractivity contribution < 1.29 is 18.7 Å². The van der Waals surface area contributed by atoms with Gasteiger partial charge in [0.2, 0.25) is 0 Å². The van der Waals surface area contributed by atoms with Crippen LogP contribution in [0.3, 0.4) is 0 Å². The molecule has 2 fully saturated rings. The van der Waals surface area contributed by atoms with Crippen molar-refractivity contribution in [1.82, 2.24) is 15.2 Å². The zero-order chi connectivity index (χ0) is 33.9. The molecule has 2 aliphatic heterocycles. The molecule has 3 aliphatic rings. The van der Waals surface area contributed by atoms with Crippen molar-refractivity contribution in [3.8, 4) is 5.75 Å². The molecule has 1 atom stereocenters. The Morgan fingerprint density at radius 2 is 1.83 bits per heavy atom. The van der Waals surface area contributed by atoms with Crippen LogP contribution in [-0.4, -0.2) is 87.2 Å². The van der Waals surface area contributed by atoms with Crippen LogP contribution in [-0.2, 0) is 9.16 Å². The highest BCUT2D eigenvalue weighted by Crippen LogP contribution is 2.43. The number of amides is 1. The number of anilines is 1. The molecule has 1 aromatic heterocycles. The first-order chi connectivity index (χ1) is 22.1. The maximum Gasteiger partial charge on any atom is 0.404 e. The van der Waals surface area contributed by atoms with E-state index in [9.17, 15) is 4.79 Å². The Labute approximate surface area is 290 Å². The predicted molar refractivity (Wildman–Crippen MR) is 193 cm³/mol. The predicted octanol–water partition coefficient (Wildman–Crippen LogP) is 6.82. The molecule has 9 nitrogen and oxygen atoms in total. The lowest BCUT2D eigenvalue weighted by molar-refractivity contribution is -0.0522. The topological polar surface area (TPSA) is 102 Å². The summed E-state index contributed by atoms with van der Waals surface area (Å²) in [6.07, 6.45) is 7.08. The zero-order valence-electron chi connectivity index (χ0n) is 28.3. The second-order valence-corrected chi connectivity index (χ2v) is 20.5. The van der Waals surface area contributed by atoms with E-state index in [2.05, 4.69) is 54.0 Å². The Kier molecular flexibility index (Phi) is 11.0. The molecule has 1 aromatic carbocycles. The second kappa shape index (κ2) is 14.5. The number of alkyl halides is 1. The number of carbonyl (C=O) groups excluding carboxylic acids is 1. The number of rotatable bonds is 10. The number of ether oxygens (including phenoxy) is 2. The molecule has 2 saturated heterocycles. The van der Waals surface area contributed by atoms with Crippen molar-refractivity contribution in [3.05, 3.63) is 71.1 Å². The van der Waals surface area contributed by atoms with Crippen molar-refractivity contribution in [2.45, 2.75) is 68.6 Å². The van der Waals surface area contributed by atoms with Gasteiger partial charge in [0.15, 0.2) is 8.32 Å². The number of likely N-dealkylation sites (tertiary alicyclic amines) is 1. The number of hydrogen-bond donors (Lipinski definition) is 2. The van der Waals surface area contributed by atoms with Gasteiger partial charge in [-0.15, -0.1) is 11.6 Å². The Morgan fingerprint density at radius 3 is 2.45 bits per heavy atom. The van der Waals surface area contributed by atoms with Crippen LogP contribution >= 0.6 is 23.2 Å². The largest absolute Gasteiger partial charge is 0.456 e. The van der Waals surface area contributed by atoms with E-state index in [-0.39, 0.29) is 11.6 Å². The van der Waals surface area contributed by atoms with E-state index in [1.807, 2.05) is 48.6 Å². The van der Waals surface area contributed by atoms with Crippen LogP contribution in [0.15, 0.2) is 60.5 Å². The number of carbonyl (C=O) groups is 1. The van der Waals surface area contributed by atoms with Crippen LogP contribution in [0, 0.1) is 0 Å². The Morgan fingerprint density at radius 1 is 1.11 bits per heavy atom. The maximum atomic E-state index is 11.6. The molecule has 5 rings (SSSR count). The fraction of sp³-hybridized carbons (Fsp3) is 0.543. The average molecular weight is 703 g/mol. The molecule has 12 heteroatoms. The summed E-state index contributed by atoms with van der Waals surface area (Å²) < 4.78 is 18.7. The number of nitrogens with zero attached hydrogens (tertiary/aromatic N) is 3. The quantitative estimate of drug-likeness (QED) is 0.206. The number of pyridine rings is 1. The number of allylic oxidation sites excluding steroid dienone is 2. The van der Waals surface area contributed by atoms with Gasteiger partial charge < -0.3 is 34.8 Å². The maximum absolute atomic E-state index is 11.6. The average Bonchev–Trinajstić information content (AvgIpc) is 3.01. The molecule has 3 N–H and O–H groups in total. The molecular weight excluding hydrogens is 653 g/mol. The molecule has 47 heavy (non-hydrogen) atoms. The zero-order valence-corrected chi connectivity index (χ0v) is 30.8. The number of halogens is 2. The van der Waals surface area contributed by atoms with Gasteiger partial charge in [0.05, 0.1) is 16.7 Å². The SMILES string of the molecule is CC(C)(C)[Si](C)(C)OC1(COC(N)=O)CCN(CC2(Cl)C=C(Oc3ccc(N4CCNCC4)nc3)C=C(c3cccc(Cl)c3)C2)CC1. The third-order valence-electron chi connectivity index (χ3n) is 9.80. The van der Waals surface area contributed by atoms with E-state index in [0.717, 1.165) is 56.2 Å². The number of hydrogen-bond acceptors (Lipinski definition) is 8. The van der Waals surface area contributed by atoms with Gasteiger partial charge in [0.25, 0.3) is 0 Å². The number of piperidine rings is 1. The van der Waals surface area contributed by atoms with Gasteiger partial charge in [0.1, 0.15) is 23.9 Å². The number of nitrogens with one attached hydrogen (secondary N) is 1. The molecule has 0 radical (unpaired) electrons. The van der Waals surface area contributed by atoms with Crippen LogP contribution < -0.4 is 20.7 Å². The van der Waals surface area contributed by atoms with E-state index in [1.54, 1.807) is 6.20 Å².